The molecule has 1 fully saturated rings. The van der Waals surface area contributed by atoms with E-state index in [-0.39, 0.29) is 5.43 Å². The summed E-state index contributed by atoms with van der Waals surface area (Å²) in [5, 5.41) is 9.72. The van der Waals surface area contributed by atoms with E-state index in [1.807, 2.05) is 13.8 Å². The molecule has 3 nitrogen and oxygen atoms in total. The van der Waals surface area contributed by atoms with Crippen molar-refractivity contribution in [2.75, 3.05) is 0 Å². The van der Waals surface area contributed by atoms with E-state index in [9.17, 15) is 10.1 Å². The van der Waals surface area contributed by atoms with Gasteiger partial charge in [-0.05, 0) is 45.4 Å². The van der Waals surface area contributed by atoms with Crippen molar-refractivity contribution in [2.45, 2.75) is 58.4 Å². The molecule has 0 radical (unpaired) electrons. The van der Waals surface area contributed by atoms with E-state index in [1.54, 1.807) is 12.1 Å². The van der Waals surface area contributed by atoms with Gasteiger partial charge >= 0.3 is 0 Å². The zero-order valence-corrected chi connectivity index (χ0v) is 12.1. The summed E-state index contributed by atoms with van der Waals surface area (Å²) in [6.45, 7) is 6.08. The number of nitrogens with zero attached hydrogens (tertiary/aromatic N) is 2. The normalized spacial score (nSPS) is 26.9. The molecule has 0 spiro atoms. The van der Waals surface area contributed by atoms with Gasteiger partial charge < -0.3 is 4.57 Å². The van der Waals surface area contributed by atoms with Crippen molar-refractivity contribution in [3.05, 3.63) is 33.7 Å². The molecule has 102 valence electrons. The third-order valence-electron chi connectivity index (χ3n) is 4.55. The fourth-order valence-electron chi connectivity index (χ4n) is 3.48. The van der Waals surface area contributed by atoms with Crippen molar-refractivity contribution in [3.8, 4) is 6.07 Å². The number of pyridine rings is 1. The summed E-state index contributed by atoms with van der Waals surface area (Å²) in [6.07, 6.45) is 5.20. The first-order chi connectivity index (χ1) is 9.02. The van der Waals surface area contributed by atoms with Gasteiger partial charge in [0.15, 0.2) is 5.43 Å². The topological polar surface area (TPSA) is 45.8 Å². The van der Waals surface area contributed by atoms with Gasteiger partial charge in [0.05, 0.1) is 6.07 Å². The second kappa shape index (κ2) is 5.21. The fourth-order valence-corrected chi connectivity index (χ4v) is 3.48. The van der Waals surface area contributed by atoms with Gasteiger partial charge in [-0.25, -0.2) is 0 Å². The molecule has 0 unspecified atom stereocenters. The number of hydrogen-bond donors (Lipinski definition) is 0. The molecular weight excluding hydrogens is 236 g/mol. The zero-order chi connectivity index (χ0) is 14.0. The van der Waals surface area contributed by atoms with E-state index in [0.29, 0.717) is 0 Å². The number of aryl methyl sites for hydroxylation is 2. The summed E-state index contributed by atoms with van der Waals surface area (Å²) in [7, 11) is 0. The first-order valence-electron chi connectivity index (χ1n) is 7.14. The largest absolute Gasteiger partial charge is 0.330 e. The van der Waals surface area contributed by atoms with Crippen molar-refractivity contribution < 1.29 is 0 Å². The summed E-state index contributed by atoms with van der Waals surface area (Å²) in [6, 6.07) is 5.81. The summed E-state index contributed by atoms with van der Waals surface area (Å²) < 4.78 is 2.08. The molecule has 0 aliphatic heterocycles. The van der Waals surface area contributed by atoms with Gasteiger partial charge in [0.25, 0.3) is 0 Å². The maximum absolute atomic E-state index is 11.5. The zero-order valence-electron chi connectivity index (χ0n) is 12.1. The Kier molecular flexibility index (Phi) is 3.80. The van der Waals surface area contributed by atoms with Gasteiger partial charge in [-0.3, -0.25) is 4.79 Å². The molecule has 1 aliphatic carbocycles. The predicted octanol–water partition coefficient (Wildman–Crippen LogP) is 3.28. The SMILES string of the molecule is CCC1CCC(C#N)(n2c(C)cc(=O)cc2C)CC1. The van der Waals surface area contributed by atoms with Gasteiger partial charge in [-0.2, -0.15) is 5.26 Å². The number of hydrogen-bond acceptors (Lipinski definition) is 2. The Morgan fingerprint density at radius 1 is 1.32 bits per heavy atom. The molecule has 0 saturated heterocycles. The van der Waals surface area contributed by atoms with Crippen molar-refractivity contribution in [1.29, 1.82) is 5.26 Å². The van der Waals surface area contributed by atoms with Gasteiger partial charge in [-0.15, -0.1) is 0 Å². The van der Waals surface area contributed by atoms with Gasteiger partial charge in [0.1, 0.15) is 5.54 Å². The molecule has 0 N–H and O–H groups in total. The van der Waals surface area contributed by atoms with Crippen LogP contribution in [0.25, 0.3) is 0 Å². The maximum Gasteiger partial charge on any atom is 0.182 e. The molecule has 2 rings (SSSR count). The predicted molar refractivity (Wildman–Crippen MR) is 76.0 cm³/mol. The molecule has 1 aliphatic rings. The maximum atomic E-state index is 11.5. The molecule has 0 atom stereocenters. The molecule has 1 saturated carbocycles. The second-order valence-corrected chi connectivity index (χ2v) is 5.80. The van der Waals surface area contributed by atoms with Crippen LogP contribution in [-0.4, -0.2) is 4.57 Å². The minimum Gasteiger partial charge on any atom is -0.330 e. The lowest BCUT2D eigenvalue weighted by molar-refractivity contribution is 0.202. The highest BCUT2D eigenvalue weighted by atomic mass is 16.1. The third kappa shape index (κ3) is 2.45. The van der Waals surface area contributed by atoms with E-state index >= 15 is 0 Å². The first-order valence-corrected chi connectivity index (χ1v) is 7.14. The molecule has 3 heteroatoms. The van der Waals surface area contributed by atoms with Gasteiger partial charge in [0, 0.05) is 23.5 Å². The number of nitriles is 1. The highest BCUT2D eigenvalue weighted by Crippen LogP contribution is 2.39. The Bertz CT molecular complexity index is 531. The Morgan fingerprint density at radius 3 is 2.26 bits per heavy atom. The summed E-state index contributed by atoms with van der Waals surface area (Å²) in [5.74, 6) is 0.751. The van der Waals surface area contributed by atoms with Crippen molar-refractivity contribution in [1.82, 2.24) is 4.57 Å². The minimum absolute atomic E-state index is 0.0292. The van der Waals surface area contributed by atoms with E-state index in [4.69, 9.17) is 0 Å². The molecule has 1 heterocycles. The van der Waals surface area contributed by atoms with Crippen LogP contribution in [0.4, 0.5) is 0 Å². The second-order valence-electron chi connectivity index (χ2n) is 5.80. The Hall–Kier alpha value is -1.56. The lowest BCUT2D eigenvalue weighted by atomic mass is 9.75. The van der Waals surface area contributed by atoms with Crippen LogP contribution in [0.5, 0.6) is 0 Å². The minimum atomic E-state index is -0.451. The van der Waals surface area contributed by atoms with Crippen molar-refractivity contribution >= 4 is 0 Å². The molecule has 0 aromatic carbocycles. The van der Waals surface area contributed by atoms with Gasteiger partial charge in [-0.1, -0.05) is 13.3 Å². The summed E-state index contributed by atoms with van der Waals surface area (Å²) >= 11 is 0. The van der Waals surface area contributed by atoms with Crippen LogP contribution < -0.4 is 5.43 Å². The Morgan fingerprint density at radius 2 is 1.84 bits per heavy atom. The highest BCUT2D eigenvalue weighted by Gasteiger charge is 2.37. The Balaban J connectivity index is 2.44. The van der Waals surface area contributed by atoms with Gasteiger partial charge in [0.2, 0.25) is 0 Å². The molecule has 0 bridgehead atoms. The monoisotopic (exact) mass is 258 g/mol. The standard InChI is InChI=1S/C16H22N2O/c1-4-14-5-7-16(11-17,8-6-14)18-12(2)9-15(19)10-13(18)3/h9-10,14H,4-8H2,1-3H3. The smallest absolute Gasteiger partial charge is 0.182 e. The lowest BCUT2D eigenvalue weighted by Gasteiger charge is -2.39. The molecule has 0 amide bonds. The van der Waals surface area contributed by atoms with Crippen LogP contribution in [0, 0.1) is 31.1 Å². The number of rotatable bonds is 2. The van der Waals surface area contributed by atoms with E-state index in [1.165, 1.54) is 6.42 Å². The molecule has 19 heavy (non-hydrogen) atoms. The fraction of sp³-hybridized carbons (Fsp3) is 0.625. The highest BCUT2D eigenvalue weighted by molar-refractivity contribution is 5.21. The first kappa shape index (κ1) is 13.9. The molecule has 1 aromatic heterocycles. The summed E-state index contributed by atoms with van der Waals surface area (Å²) in [4.78, 5) is 11.5. The van der Waals surface area contributed by atoms with Crippen LogP contribution in [0.3, 0.4) is 0 Å². The van der Waals surface area contributed by atoms with Crippen LogP contribution >= 0.6 is 0 Å². The van der Waals surface area contributed by atoms with Crippen LogP contribution in [-0.2, 0) is 5.54 Å². The third-order valence-corrected chi connectivity index (χ3v) is 4.55. The average Bonchev–Trinajstić information content (AvgIpc) is 2.38. The summed E-state index contributed by atoms with van der Waals surface area (Å²) in [5.41, 5.74) is 1.39. The quantitative estimate of drug-likeness (QED) is 0.817. The lowest BCUT2D eigenvalue weighted by Crippen LogP contribution is -2.39. The van der Waals surface area contributed by atoms with Crippen molar-refractivity contribution in [2.24, 2.45) is 5.92 Å². The number of aromatic nitrogens is 1. The van der Waals surface area contributed by atoms with Crippen molar-refractivity contribution in [3.63, 3.8) is 0 Å². The van der Waals surface area contributed by atoms with Crippen LogP contribution in [0.15, 0.2) is 16.9 Å². The van der Waals surface area contributed by atoms with Crippen LogP contribution in [0.1, 0.15) is 50.4 Å². The Labute approximate surface area is 114 Å². The van der Waals surface area contributed by atoms with E-state index < -0.39 is 5.54 Å². The molecular formula is C16H22N2O. The average molecular weight is 258 g/mol. The van der Waals surface area contributed by atoms with Crippen LogP contribution in [0.2, 0.25) is 0 Å². The van der Waals surface area contributed by atoms with E-state index in [2.05, 4.69) is 17.6 Å². The van der Waals surface area contributed by atoms with E-state index in [0.717, 1.165) is 43.0 Å². The molecule has 1 aromatic rings.